The Kier molecular flexibility index (Phi) is 10.1. The second-order valence-corrected chi connectivity index (χ2v) is 13.2. The minimum Gasteiger partial charge on any atom is -0.481 e. The first kappa shape index (κ1) is 31.4. The van der Waals surface area contributed by atoms with Crippen LogP contribution in [0.25, 0.3) is 0 Å². The fraction of sp³-hybridized carbons (Fsp3) is 0.306. The quantitative estimate of drug-likeness (QED) is 0.204. The van der Waals surface area contributed by atoms with Crippen molar-refractivity contribution < 1.29 is 17.9 Å². The van der Waals surface area contributed by atoms with E-state index in [-0.39, 0.29) is 16.8 Å². The molecule has 0 aliphatic carbocycles. The average molecular weight is 612 g/mol. The van der Waals surface area contributed by atoms with E-state index in [1.807, 2.05) is 60.7 Å². The fourth-order valence-corrected chi connectivity index (χ4v) is 7.07. The molecule has 4 aromatic rings. The zero-order valence-corrected chi connectivity index (χ0v) is 26.4. The highest BCUT2D eigenvalue weighted by Crippen LogP contribution is 2.31. The number of carbonyl (C=O) groups excluding carboxylic acids is 1. The van der Waals surface area contributed by atoms with E-state index >= 15 is 0 Å². The van der Waals surface area contributed by atoms with Gasteiger partial charge >= 0.3 is 0 Å². The van der Waals surface area contributed by atoms with Crippen LogP contribution < -0.4 is 10.1 Å². The van der Waals surface area contributed by atoms with Gasteiger partial charge < -0.3 is 10.1 Å². The number of carbonyl (C=O) groups is 1. The van der Waals surface area contributed by atoms with Gasteiger partial charge in [0.25, 0.3) is 5.91 Å². The monoisotopic (exact) mass is 611 g/mol. The van der Waals surface area contributed by atoms with Crippen LogP contribution in [-0.2, 0) is 14.8 Å². The summed E-state index contributed by atoms with van der Waals surface area (Å²) in [4.78, 5) is 15.5. The molecule has 1 heterocycles. The lowest BCUT2D eigenvalue weighted by molar-refractivity contribution is -0.122. The second-order valence-electron chi connectivity index (χ2n) is 11.3. The van der Waals surface area contributed by atoms with E-state index in [4.69, 9.17) is 4.74 Å². The number of hydrogen-bond donors (Lipinski definition) is 1. The highest BCUT2D eigenvalue weighted by Gasteiger charge is 2.32. The minimum atomic E-state index is -3.69. The van der Waals surface area contributed by atoms with Gasteiger partial charge in [-0.25, -0.2) is 8.42 Å². The van der Waals surface area contributed by atoms with Crippen LogP contribution in [0.1, 0.15) is 55.8 Å². The van der Waals surface area contributed by atoms with Crippen LogP contribution in [0.3, 0.4) is 0 Å². The zero-order chi connectivity index (χ0) is 31.1. The highest BCUT2D eigenvalue weighted by atomic mass is 32.2. The second kappa shape index (κ2) is 14.2. The molecule has 0 saturated carbocycles. The first-order chi connectivity index (χ1) is 21.3. The van der Waals surface area contributed by atoms with Crippen molar-refractivity contribution >= 4 is 21.6 Å². The molecule has 1 aliphatic heterocycles. The maximum Gasteiger partial charge on any atom is 0.265 e. The van der Waals surface area contributed by atoms with Gasteiger partial charge in [0, 0.05) is 31.9 Å². The van der Waals surface area contributed by atoms with E-state index in [1.54, 1.807) is 35.5 Å². The van der Waals surface area contributed by atoms with Crippen LogP contribution in [0.2, 0.25) is 0 Å². The molecule has 230 valence electrons. The molecule has 1 saturated heterocycles. The molecule has 7 nitrogen and oxygen atoms in total. The number of nitrogens with one attached hydrogen (secondary N) is 1. The Morgan fingerprint density at radius 3 is 1.89 bits per heavy atom. The van der Waals surface area contributed by atoms with Crippen molar-refractivity contribution in [3.05, 3.63) is 126 Å². The summed E-state index contributed by atoms with van der Waals surface area (Å²) in [7, 11) is -3.69. The number of nitrogens with zero attached hydrogens (tertiary/aromatic N) is 2. The van der Waals surface area contributed by atoms with Gasteiger partial charge in [0.15, 0.2) is 6.10 Å². The van der Waals surface area contributed by atoms with E-state index in [9.17, 15) is 13.2 Å². The van der Waals surface area contributed by atoms with Gasteiger partial charge in [-0.2, -0.15) is 4.31 Å². The van der Waals surface area contributed by atoms with Gasteiger partial charge in [-0.1, -0.05) is 92.7 Å². The molecule has 5 rings (SSSR count). The topological polar surface area (TPSA) is 78.9 Å². The summed E-state index contributed by atoms with van der Waals surface area (Å²) in [5.41, 5.74) is 3.96. The van der Waals surface area contributed by atoms with E-state index in [1.165, 1.54) is 11.1 Å². The van der Waals surface area contributed by atoms with Crippen molar-refractivity contribution in [2.24, 2.45) is 0 Å². The van der Waals surface area contributed by atoms with E-state index < -0.39 is 16.1 Å². The molecule has 4 aromatic carbocycles. The number of para-hydroxylation sites is 1. The van der Waals surface area contributed by atoms with Crippen LogP contribution in [0.15, 0.2) is 114 Å². The third-order valence-electron chi connectivity index (χ3n) is 8.36. The Labute approximate surface area is 261 Å². The maximum atomic E-state index is 13.6. The molecule has 1 N–H and O–H groups in total. The van der Waals surface area contributed by atoms with Gasteiger partial charge in [0.05, 0.1) is 10.9 Å². The number of hydrogen-bond acceptors (Lipinski definition) is 5. The molecular formula is C36H41N3O4S. The molecule has 2 atom stereocenters. The summed E-state index contributed by atoms with van der Waals surface area (Å²) >= 11 is 0. The van der Waals surface area contributed by atoms with Gasteiger partial charge in [-0.3, -0.25) is 9.69 Å². The van der Waals surface area contributed by atoms with Crippen LogP contribution >= 0.6 is 0 Å². The molecule has 0 bridgehead atoms. The molecule has 0 aromatic heterocycles. The Balaban J connectivity index is 1.21. The van der Waals surface area contributed by atoms with Crippen molar-refractivity contribution in [1.29, 1.82) is 0 Å². The molecule has 0 spiro atoms. The van der Waals surface area contributed by atoms with Gasteiger partial charge in [0.2, 0.25) is 10.0 Å². The zero-order valence-electron chi connectivity index (χ0n) is 25.6. The first-order valence-electron chi connectivity index (χ1n) is 15.3. The summed E-state index contributed by atoms with van der Waals surface area (Å²) in [6.45, 7) is 7.97. The van der Waals surface area contributed by atoms with Gasteiger partial charge in [-0.15, -0.1) is 0 Å². The van der Waals surface area contributed by atoms with E-state index in [0.717, 1.165) is 12.0 Å². The number of amides is 1. The Hall–Kier alpha value is -3.98. The largest absolute Gasteiger partial charge is 0.481 e. The molecule has 1 aliphatic rings. The number of anilines is 1. The lowest BCUT2D eigenvalue weighted by Crippen LogP contribution is -2.49. The lowest BCUT2D eigenvalue weighted by atomic mass is 9.96. The van der Waals surface area contributed by atoms with Crippen molar-refractivity contribution in [1.82, 2.24) is 9.21 Å². The number of sulfonamides is 1. The summed E-state index contributed by atoms with van der Waals surface area (Å²) in [5, 5.41) is 2.85. The van der Waals surface area contributed by atoms with Crippen molar-refractivity contribution in [2.45, 2.75) is 50.2 Å². The molecular weight excluding hydrogens is 570 g/mol. The Bertz CT molecular complexity index is 1580. The fourth-order valence-electron chi connectivity index (χ4n) is 5.65. The van der Waals surface area contributed by atoms with Crippen molar-refractivity contribution in [2.75, 3.05) is 31.5 Å². The summed E-state index contributed by atoms with van der Waals surface area (Å²) < 4.78 is 34.7. The normalized spacial score (nSPS) is 15.9. The number of rotatable bonds is 11. The minimum absolute atomic E-state index is 0.0556. The summed E-state index contributed by atoms with van der Waals surface area (Å²) in [6, 6.07) is 34.9. The Morgan fingerprint density at radius 1 is 0.773 bits per heavy atom. The number of piperazine rings is 1. The van der Waals surface area contributed by atoms with Gasteiger partial charge in [-0.05, 0) is 66.3 Å². The first-order valence-corrected chi connectivity index (χ1v) is 16.7. The molecule has 8 heteroatoms. The lowest BCUT2D eigenvalue weighted by Gasteiger charge is -2.39. The third-order valence-corrected chi connectivity index (χ3v) is 10.3. The van der Waals surface area contributed by atoms with Crippen LogP contribution in [-0.4, -0.2) is 55.8 Å². The predicted molar refractivity (Wildman–Crippen MR) is 175 cm³/mol. The molecule has 1 fully saturated rings. The number of ether oxygens (including phenoxy) is 1. The average Bonchev–Trinajstić information content (AvgIpc) is 3.06. The van der Waals surface area contributed by atoms with Gasteiger partial charge in [0.1, 0.15) is 5.75 Å². The highest BCUT2D eigenvalue weighted by molar-refractivity contribution is 7.89. The molecule has 1 amide bonds. The standard InChI is InChI=1S/C36H41N3O4S/c1-4-27(2)33-17-11-12-18-34(33)43-28(3)36(40)37-31-19-21-32(22-20-31)44(41,42)39-25-23-38(24-26-39)35(29-13-7-5-8-14-29)30-15-9-6-10-16-30/h5-22,27-28,35H,4,23-26H2,1-3H3,(H,37,40). The summed E-state index contributed by atoms with van der Waals surface area (Å²) in [6.07, 6.45) is 0.240. The van der Waals surface area contributed by atoms with Crippen LogP contribution in [0.5, 0.6) is 5.75 Å². The van der Waals surface area contributed by atoms with Crippen LogP contribution in [0.4, 0.5) is 5.69 Å². The van der Waals surface area contributed by atoms with E-state index in [0.29, 0.717) is 43.5 Å². The van der Waals surface area contributed by atoms with E-state index in [2.05, 4.69) is 48.3 Å². The Morgan fingerprint density at radius 2 is 1.32 bits per heavy atom. The van der Waals surface area contributed by atoms with Crippen LogP contribution in [0, 0.1) is 0 Å². The maximum absolute atomic E-state index is 13.6. The number of benzene rings is 4. The molecule has 2 unspecified atom stereocenters. The molecule has 44 heavy (non-hydrogen) atoms. The predicted octanol–water partition coefficient (Wildman–Crippen LogP) is 6.70. The third kappa shape index (κ3) is 7.21. The molecule has 0 radical (unpaired) electrons. The smallest absolute Gasteiger partial charge is 0.265 e. The SMILES string of the molecule is CCC(C)c1ccccc1OC(C)C(=O)Nc1ccc(S(=O)(=O)N2CCN(C(c3ccccc3)c3ccccc3)CC2)cc1. The summed E-state index contributed by atoms with van der Waals surface area (Å²) in [5.74, 6) is 0.708. The van der Waals surface area contributed by atoms with Crippen molar-refractivity contribution in [3.63, 3.8) is 0 Å². The van der Waals surface area contributed by atoms with Crippen molar-refractivity contribution in [3.8, 4) is 5.75 Å².